The maximum Gasteiger partial charge on any atom is 0.242 e. The molecule has 0 saturated heterocycles. The molecular formula is C17H19Cl2NO4S. The highest BCUT2D eigenvalue weighted by molar-refractivity contribution is 7.89. The van der Waals surface area contributed by atoms with Gasteiger partial charge < -0.3 is 9.47 Å². The summed E-state index contributed by atoms with van der Waals surface area (Å²) in [5.74, 6) is 1.04. The first kappa shape index (κ1) is 19.8. The van der Waals surface area contributed by atoms with E-state index in [0.29, 0.717) is 12.4 Å². The molecule has 0 saturated carbocycles. The molecule has 0 unspecified atom stereocenters. The van der Waals surface area contributed by atoms with Crippen LogP contribution in [0.5, 0.6) is 11.5 Å². The standard InChI is InChI=1S/C17H19Cl2NO4S/c1-4-24-13-7-5-12(6-8-13)11(2)20-25(21,22)15-10-9-14(23-3)16(18)17(15)19/h5-11,20H,4H2,1-3H3/t11-/m1/s1. The van der Waals surface area contributed by atoms with Crippen molar-refractivity contribution < 1.29 is 17.9 Å². The molecule has 0 aliphatic rings. The predicted octanol–water partition coefficient (Wildman–Crippen LogP) is 4.44. The summed E-state index contributed by atoms with van der Waals surface area (Å²) >= 11 is 12.1. The number of hydrogen-bond acceptors (Lipinski definition) is 4. The predicted molar refractivity (Wildman–Crippen MR) is 99.4 cm³/mol. The van der Waals surface area contributed by atoms with Gasteiger partial charge in [-0.05, 0) is 43.7 Å². The molecule has 0 heterocycles. The van der Waals surface area contributed by atoms with E-state index in [1.165, 1.54) is 19.2 Å². The van der Waals surface area contributed by atoms with E-state index in [4.69, 9.17) is 32.7 Å². The van der Waals surface area contributed by atoms with Crippen LogP contribution in [0.25, 0.3) is 0 Å². The molecular weight excluding hydrogens is 385 g/mol. The van der Waals surface area contributed by atoms with Crippen molar-refractivity contribution in [2.75, 3.05) is 13.7 Å². The van der Waals surface area contributed by atoms with Gasteiger partial charge in [-0.25, -0.2) is 13.1 Å². The summed E-state index contributed by atoms with van der Waals surface area (Å²) in [4.78, 5) is -0.0993. The Morgan fingerprint density at radius 3 is 2.28 bits per heavy atom. The number of hydrogen-bond donors (Lipinski definition) is 1. The molecule has 0 spiro atoms. The normalized spacial score (nSPS) is 12.7. The van der Waals surface area contributed by atoms with E-state index in [0.717, 1.165) is 11.3 Å². The third kappa shape index (κ3) is 4.58. The minimum atomic E-state index is -3.86. The third-order valence-corrected chi connectivity index (χ3v) is 6.10. The Labute approximate surface area is 157 Å². The van der Waals surface area contributed by atoms with Gasteiger partial charge in [0.05, 0.1) is 18.7 Å². The monoisotopic (exact) mass is 403 g/mol. The maximum absolute atomic E-state index is 12.6. The molecule has 0 fully saturated rings. The molecule has 0 aliphatic heterocycles. The van der Waals surface area contributed by atoms with E-state index in [1.54, 1.807) is 31.2 Å². The van der Waals surface area contributed by atoms with E-state index < -0.39 is 16.1 Å². The van der Waals surface area contributed by atoms with Gasteiger partial charge in [-0.15, -0.1) is 0 Å². The lowest BCUT2D eigenvalue weighted by Gasteiger charge is -2.17. The van der Waals surface area contributed by atoms with Crippen LogP contribution in [0, 0.1) is 0 Å². The summed E-state index contributed by atoms with van der Waals surface area (Å²) < 4.78 is 38.3. The van der Waals surface area contributed by atoms with Gasteiger partial charge in [0.15, 0.2) is 0 Å². The Balaban J connectivity index is 2.24. The van der Waals surface area contributed by atoms with E-state index in [-0.39, 0.29) is 14.9 Å². The lowest BCUT2D eigenvalue weighted by molar-refractivity contribution is 0.340. The van der Waals surface area contributed by atoms with Gasteiger partial charge >= 0.3 is 0 Å². The van der Waals surface area contributed by atoms with E-state index in [1.807, 2.05) is 6.92 Å². The van der Waals surface area contributed by atoms with Crippen LogP contribution in [0.2, 0.25) is 10.0 Å². The fourth-order valence-corrected chi connectivity index (χ4v) is 4.34. The zero-order valence-corrected chi connectivity index (χ0v) is 16.4. The molecule has 5 nitrogen and oxygen atoms in total. The second kappa shape index (κ2) is 8.27. The number of halogens is 2. The van der Waals surface area contributed by atoms with Crippen LogP contribution in [0.15, 0.2) is 41.3 Å². The van der Waals surface area contributed by atoms with Crippen LogP contribution in [0.3, 0.4) is 0 Å². The number of benzene rings is 2. The van der Waals surface area contributed by atoms with Crippen LogP contribution in [-0.2, 0) is 10.0 Å². The highest BCUT2D eigenvalue weighted by Crippen LogP contribution is 2.37. The van der Waals surface area contributed by atoms with Gasteiger partial charge in [0.25, 0.3) is 0 Å². The molecule has 8 heteroatoms. The molecule has 1 atom stereocenters. The second-order valence-electron chi connectivity index (χ2n) is 5.24. The SMILES string of the molecule is CCOc1ccc([C@@H](C)NS(=O)(=O)c2ccc(OC)c(Cl)c2Cl)cc1. The van der Waals surface area contributed by atoms with E-state index in [9.17, 15) is 8.42 Å². The lowest BCUT2D eigenvalue weighted by Crippen LogP contribution is -2.27. The van der Waals surface area contributed by atoms with Crippen molar-refractivity contribution in [1.29, 1.82) is 0 Å². The summed E-state index contributed by atoms with van der Waals surface area (Å²) in [6.45, 7) is 4.21. The Morgan fingerprint density at radius 2 is 1.72 bits per heavy atom. The summed E-state index contributed by atoms with van der Waals surface area (Å²) in [6, 6.07) is 9.56. The molecule has 0 radical (unpaired) electrons. The molecule has 2 aromatic rings. The number of ether oxygens (including phenoxy) is 2. The van der Waals surface area contributed by atoms with E-state index >= 15 is 0 Å². The van der Waals surface area contributed by atoms with Crippen LogP contribution < -0.4 is 14.2 Å². The lowest BCUT2D eigenvalue weighted by atomic mass is 10.1. The summed E-state index contributed by atoms with van der Waals surface area (Å²) in [7, 11) is -2.43. The van der Waals surface area contributed by atoms with Gasteiger partial charge in [-0.3, -0.25) is 0 Å². The molecule has 0 bridgehead atoms. The minimum absolute atomic E-state index is 0.0563. The van der Waals surface area contributed by atoms with Crippen molar-refractivity contribution in [3.05, 3.63) is 52.0 Å². The number of rotatable bonds is 7. The van der Waals surface area contributed by atoms with Crippen molar-refractivity contribution in [1.82, 2.24) is 4.72 Å². The first-order valence-electron chi connectivity index (χ1n) is 7.57. The van der Waals surface area contributed by atoms with Crippen molar-refractivity contribution in [2.45, 2.75) is 24.8 Å². The van der Waals surface area contributed by atoms with Crippen LogP contribution in [0.4, 0.5) is 0 Å². The van der Waals surface area contributed by atoms with Crippen molar-refractivity contribution in [3.8, 4) is 11.5 Å². The van der Waals surface area contributed by atoms with Crippen LogP contribution in [-0.4, -0.2) is 22.1 Å². The van der Waals surface area contributed by atoms with Gasteiger partial charge in [0.2, 0.25) is 10.0 Å². The second-order valence-corrected chi connectivity index (χ2v) is 7.68. The molecule has 25 heavy (non-hydrogen) atoms. The molecule has 1 N–H and O–H groups in total. The molecule has 136 valence electrons. The van der Waals surface area contributed by atoms with Crippen molar-refractivity contribution >= 4 is 33.2 Å². The molecule has 0 amide bonds. The fourth-order valence-electron chi connectivity index (χ4n) is 2.26. The highest BCUT2D eigenvalue weighted by Gasteiger charge is 2.24. The summed E-state index contributed by atoms with van der Waals surface area (Å²) in [5, 5.41) is -0.0202. The van der Waals surface area contributed by atoms with Crippen molar-refractivity contribution in [3.63, 3.8) is 0 Å². The largest absolute Gasteiger partial charge is 0.495 e. The quantitative estimate of drug-likeness (QED) is 0.741. The average molecular weight is 404 g/mol. The first-order valence-corrected chi connectivity index (χ1v) is 9.81. The zero-order chi connectivity index (χ0) is 18.6. The Morgan fingerprint density at radius 1 is 1.08 bits per heavy atom. The van der Waals surface area contributed by atoms with Gasteiger partial charge in [0.1, 0.15) is 21.4 Å². The third-order valence-electron chi connectivity index (χ3n) is 3.54. The maximum atomic E-state index is 12.6. The van der Waals surface area contributed by atoms with Crippen LogP contribution >= 0.6 is 23.2 Å². The topological polar surface area (TPSA) is 64.6 Å². The fraction of sp³-hybridized carbons (Fsp3) is 0.294. The highest BCUT2D eigenvalue weighted by atomic mass is 35.5. The molecule has 2 rings (SSSR count). The molecule has 0 aliphatic carbocycles. The Bertz CT molecular complexity index is 838. The van der Waals surface area contributed by atoms with E-state index in [2.05, 4.69) is 4.72 Å². The van der Waals surface area contributed by atoms with Crippen LogP contribution in [0.1, 0.15) is 25.5 Å². The number of sulfonamides is 1. The zero-order valence-electron chi connectivity index (χ0n) is 14.0. The smallest absolute Gasteiger partial charge is 0.242 e. The molecule has 2 aromatic carbocycles. The number of nitrogens with one attached hydrogen (secondary N) is 1. The summed E-state index contributed by atoms with van der Waals surface area (Å²) in [5.41, 5.74) is 0.794. The minimum Gasteiger partial charge on any atom is -0.495 e. The molecule has 0 aromatic heterocycles. The summed E-state index contributed by atoms with van der Waals surface area (Å²) in [6.07, 6.45) is 0. The van der Waals surface area contributed by atoms with Gasteiger partial charge in [-0.2, -0.15) is 0 Å². The first-order chi connectivity index (χ1) is 11.8. The van der Waals surface area contributed by atoms with Gasteiger partial charge in [0, 0.05) is 6.04 Å². The van der Waals surface area contributed by atoms with Crippen molar-refractivity contribution in [2.24, 2.45) is 0 Å². The number of methoxy groups -OCH3 is 1. The van der Waals surface area contributed by atoms with Gasteiger partial charge in [-0.1, -0.05) is 35.3 Å². The Kier molecular flexibility index (Phi) is 6.57. The average Bonchev–Trinajstić information content (AvgIpc) is 2.57. The Hall–Kier alpha value is -1.47.